The van der Waals surface area contributed by atoms with Crippen LogP contribution in [0.3, 0.4) is 0 Å². The van der Waals surface area contributed by atoms with E-state index in [0.29, 0.717) is 25.9 Å². The molecular weight excluding hydrogens is 244 g/mol. The molecule has 19 heavy (non-hydrogen) atoms. The van der Waals surface area contributed by atoms with E-state index < -0.39 is 11.4 Å². The van der Waals surface area contributed by atoms with Crippen molar-refractivity contribution in [2.24, 2.45) is 11.3 Å². The largest absolute Gasteiger partial charge is 0.481 e. The number of piperidine rings is 1. The first-order valence-corrected chi connectivity index (χ1v) is 7.32. The van der Waals surface area contributed by atoms with Crippen molar-refractivity contribution in [1.29, 1.82) is 0 Å². The lowest BCUT2D eigenvalue weighted by Crippen LogP contribution is -2.48. The number of rotatable bonds is 4. The first kappa shape index (κ1) is 14.3. The van der Waals surface area contributed by atoms with Gasteiger partial charge in [0.2, 0.25) is 5.91 Å². The Kier molecular flexibility index (Phi) is 4.45. The number of hydrogen-bond acceptors (Lipinski definition) is 3. The van der Waals surface area contributed by atoms with Crippen LogP contribution in [0.4, 0.5) is 0 Å². The van der Waals surface area contributed by atoms with Crippen molar-refractivity contribution in [3.8, 4) is 0 Å². The van der Waals surface area contributed by atoms with Gasteiger partial charge in [0.05, 0.1) is 11.3 Å². The molecule has 0 saturated carbocycles. The number of hydrogen-bond donors (Lipinski definition) is 2. The van der Waals surface area contributed by atoms with E-state index in [1.54, 1.807) is 0 Å². The molecule has 0 spiro atoms. The van der Waals surface area contributed by atoms with Crippen LogP contribution in [-0.2, 0) is 9.59 Å². The summed E-state index contributed by atoms with van der Waals surface area (Å²) < 4.78 is 0. The molecule has 2 fully saturated rings. The van der Waals surface area contributed by atoms with Gasteiger partial charge in [-0.15, -0.1) is 0 Å². The van der Waals surface area contributed by atoms with Gasteiger partial charge in [-0.2, -0.15) is 0 Å². The number of carboxylic acid groups (broad SMARTS) is 1. The monoisotopic (exact) mass is 268 g/mol. The maximum atomic E-state index is 12.3. The molecule has 2 aliphatic rings. The SMILES string of the molecule is CCCC1(C(=O)O)CCN(C(=O)C2CCNC2)CC1. The van der Waals surface area contributed by atoms with Crippen molar-refractivity contribution >= 4 is 11.9 Å². The van der Waals surface area contributed by atoms with Crippen LogP contribution in [0.2, 0.25) is 0 Å². The van der Waals surface area contributed by atoms with Gasteiger partial charge in [-0.25, -0.2) is 0 Å². The Balaban J connectivity index is 1.93. The highest BCUT2D eigenvalue weighted by molar-refractivity contribution is 5.80. The molecule has 2 saturated heterocycles. The first-order valence-electron chi connectivity index (χ1n) is 7.32. The summed E-state index contributed by atoms with van der Waals surface area (Å²) >= 11 is 0. The predicted molar refractivity (Wildman–Crippen MR) is 71.8 cm³/mol. The third kappa shape index (κ3) is 2.91. The summed E-state index contributed by atoms with van der Waals surface area (Å²) in [6.07, 6.45) is 3.71. The Labute approximate surface area is 114 Å². The zero-order valence-corrected chi connectivity index (χ0v) is 11.7. The predicted octanol–water partition coefficient (Wildman–Crippen LogP) is 1.09. The van der Waals surface area contributed by atoms with Crippen molar-refractivity contribution in [3.05, 3.63) is 0 Å². The molecule has 108 valence electrons. The van der Waals surface area contributed by atoms with Gasteiger partial charge in [0.25, 0.3) is 0 Å². The van der Waals surface area contributed by atoms with E-state index >= 15 is 0 Å². The van der Waals surface area contributed by atoms with Crippen LogP contribution in [0, 0.1) is 11.3 Å². The van der Waals surface area contributed by atoms with Crippen molar-refractivity contribution in [2.75, 3.05) is 26.2 Å². The fourth-order valence-electron chi connectivity index (χ4n) is 3.33. The fourth-order valence-corrected chi connectivity index (χ4v) is 3.33. The molecule has 0 radical (unpaired) electrons. The molecular formula is C14H24N2O3. The smallest absolute Gasteiger partial charge is 0.309 e. The highest BCUT2D eigenvalue weighted by atomic mass is 16.4. The minimum atomic E-state index is -0.691. The molecule has 1 amide bonds. The van der Waals surface area contributed by atoms with E-state index in [9.17, 15) is 14.7 Å². The summed E-state index contributed by atoms with van der Waals surface area (Å²) in [5.74, 6) is -0.382. The molecule has 1 atom stereocenters. The number of carboxylic acids is 1. The lowest BCUT2D eigenvalue weighted by Gasteiger charge is -2.39. The molecule has 5 nitrogen and oxygen atoms in total. The van der Waals surface area contributed by atoms with Crippen LogP contribution in [-0.4, -0.2) is 48.1 Å². The second kappa shape index (κ2) is 5.90. The van der Waals surface area contributed by atoms with Crippen molar-refractivity contribution < 1.29 is 14.7 Å². The zero-order valence-electron chi connectivity index (χ0n) is 11.7. The Hall–Kier alpha value is -1.10. The molecule has 1 unspecified atom stereocenters. The minimum Gasteiger partial charge on any atom is -0.481 e. The van der Waals surface area contributed by atoms with Crippen LogP contribution < -0.4 is 5.32 Å². The van der Waals surface area contributed by atoms with E-state index in [2.05, 4.69) is 5.32 Å². The summed E-state index contributed by atoms with van der Waals surface area (Å²) in [7, 11) is 0. The van der Waals surface area contributed by atoms with E-state index in [0.717, 1.165) is 32.4 Å². The van der Waals surface area contributed by atoms with E-state index in [1.165, 1.54) is 0 Å². The van der Waals surface area contributed by atoms with Crippen molar-refractivity contribution in [3.63, 3.8) is 0 Å². The van der Waals surface area contributed by atoms with Gasteiger partial charge >= 0.3 is 5.97 Å². The molecule has 2 rings (SSSR count). The van der Waals surface area contributed by atoms with Gasteiger partial charge in [0.15, 0.2) is 0 Å². The summed E-state index contributed by atoms with van der Waals surface area (Å²) in [6, 6.07) is 0. The van der Waals surface area contributed by atoms with Gasteiger partial charge in [-0.1, -0.05) is 13.3 Å². The van der Waals surface area contributed by atoms with Crippen LogP contribution in [0.5, 0.6) is 0 Å². The van der Waals surface area contributed by atoms with Crippen LogP contribution in [0.25, 0.3) is 0 Å². The fraction of sp³-hybridized carbons (Fsp3) is 0.857. The number of amides is 1. The topological polar surface area (TPSA) is 69.6 Å². The van der Waals surface area contributed by atoms with Gasteiger partial charge < -0.3 is 15.3 Å². The maximum absolute atomic E-state index is 12.3. The Morgan fingerprint density at radius 3 is 2.53 bits per heavy atom. The van der Waals surface area contributed by atoms with Crippen molar-refractivity contribution in [1.82, 2.24) is 10.2 Å². The summed E-state index contributed by atoms with van der Waals surface area (Å²) in [5.41, 5.74) is -0.598. The normalized spacial score (nSPS) is 26.4. The molecule has 5 heteroatoms. The average Bonchev–Trinajstić information content (AvgIpc) is 2.93. The second-order valence-corrected chi connectivity index (χ2v) is 5.85. The quantitative estimate of drug-likeness (QED) is 0.801. The standard InChI is InChI=1S/C14H24N2O3/c1-2-4-14(13(18)19)5-8-16(9-6-14)12(17)11-3-7-15-10-11/h11,15H,2-10H2,1H3,(H,18,19). The summed E-state index contributed by atoms with van der Waals surface area (Å²) in [5, 5.41) is 12.6. The highest BCUT2D eigenvalue weighted by Crippen LogP contribution is 2.37. The van der Waals surface area contributed by atoms with Crippen molar-refractivity contribution in [2.45, 2.75) is 39.0 Å². The Bertz CT molecular complexity index is 343. The number of likely N-dealkylation sites (tertiary alicyclic amines) is 1. The first-order chi connectivity index (χ1) is 9.09. The molecule has 0 aliphatic carbocycles. The number of nitrogens with one attached hydrogen (secondary N) is 1. The second-order valence-electron chi connectivity index (χ2n) is 5.85. The van der Waals surface area contributed by atoms with Crippen LogP contribution in [0.1, 0.15) is 39.0 Å². The number of carbonyl (C=O) groups is 2. The van der Waals surface area contributed by atoms with Gasteiger partial charge in [0.1, 0.15) is 0 Å². The molecule has 2 aliphatic heterocycles. The maximum Gasteiger partial charge on any atom is 0.309 e. The van der Waals surface area contributed by atoms with Crippen LogP contribution >= 0.6 is 0 Å². The third-order valence-electron chi connectivity index (χ3n) is 4.62. The van der Waals surface area contributed by atoms with E-state index in [1.807, 2.05) is 11.8 Å². The summed E-state index contributed by atoms with van der Waals surface area (Å²) in [4.78, 5) is 25.6. The molecule has 0 aromatic carbocycles. The Morgan fingerprint density at radius 1 is 1.37 bits per heavy atom. The minimum absolute atomic E-state index is 0.100. The number of aliphatic carboxylic acids is 1. The molecule has 0 bridgehead atoms. The Morgan fingerprint density at radius 2 is 2.05 bits per heavy atom. The van der Waals surface area contributed by atoms with Gasteiger partial charge in [-0.3, -0.25) is 9.59 Å². The third-order valence-corrected chi connectivity index (χ3v) is 4.62. The summed E-state index contributed by atoms with van der Waals surface area (Å²) in [6.45, 7) is 4.91. The molecule has 2 N–H and O–H groups in total. The number of nitrogens with zero attached hydrogens (tertiary/aromatic N) is 1. The van der Waals surface area contributed by atoms with Gasteiger partial charge in [-0.05, 0) is 32.2 Å². The van der Waals surface area contributed by atoms with E-state index in [4.69, 9.17) is 0 Å². The molecule has 0 aromatic heterocycles. The highest BCUT2D eigenvalue weighted by Gasteiger charge is 2.42. The lowest BCUT2D eigenvalue weighted by atomic mass is 9.75. The molecule has 0 aromatic rings. The number of carbonyl (C=O) groups excluding carboxylic acids is 1. The zero-order chi connectivity index (χ0) is 13.9. The van der Waals surface area contributed by atoms with Gasteiger partial charge in [0, 0.05) is 19.6 Å². The average molecular weight is 268 g/mol. The lowest BCUT2D eigenvalue weighted by molar-refractivity contribution is -0.155. The van der Waals surface area contributed by atoms with E-state index in [-0.39, 0.29) is 11.8 Å². The van der Waals surface area contributed by atoms with Crippen LogP contribution in [0.15, 0.2) is 0 Å². The molecule has 2 heterocycles.